The average molecular weight is 368 g/mol. The average Bonchev–Trinajstić information content (AvgIpc) is 2.77. The predicted octanol–water partition coefficient (Wildman–Crippen LogP) is -0.700. The number of nitrogens with zero attached hydrogens (tertiary/aromatic N) is 3. The van der Waals surface area contributed by atoms with Crippen molar-refractivity contribution in [1.29, 1.82) is 0 Å². The molecular weight excluding hydrogens is 348 g/mol. The maximum absolute atomic E-state index is 12.2. The van der Waals surface area contributed by atoms with Crippen molar-refractivity contribution in [1.82, 2.24) is 15.0 Å². The second-order valence-electron chi connectivity index (χ2n) is 6.69. The van der Waals surface area contributed by atoms with Crippen LogP contribution >= 0.6 is 0 Å². The van der Waals surface area contributed by atoms with Crippen molar-refractivity contribution in [3.8, 4) is 0 Å². The van der Waals surface area contributed by atoms with Gasteiger partial charge in [-0.1, -0.05) is 0 Å². The largest absolute Gasteiger partial charge is 0.478 e. The van der Waals surface area contributed by atoms with Crippen molar-refractivity contribution in [2.24, 2.45) is 5.84 Å². The van der Waals surface area contributed by atoms with Crippen molar-refractivity contribution < 1.29 is 34.1 Å². The van der Waals surface area contributed by atoms with Gasteiger partial charge in [-0.2, -0.15) is 10.0 Å². The molecule has 26 heavy (non-hydrogen) atoms. The van der Waals surface area contributed by atoms with E-state index in [9.17, 15) is 29.4 Å². The summed E-state index contributed by atoms with van der Waals surface area (Å²) in [4.78, 5) is 47.6. The standard InChI is InChI=1S/C15H20N4O7/c1-15(2,3)26-14(25)18(16)10-5-4-8(13(23)24)7-17(10)19-11(21)6-9(20)12(19)22/h4-5,9,20H,6-7,16H2,1-3H3,(H,23,24). The Bertz CT molecular complexity index is 722. The minimum atomic E-state index is -1.55. The number of carbonyl (C=O) groups excluding carboxylic acids is 3. The molecule has 0 aromatic carbocycles. The first-order chi connectivity index (χ1) is 11.9. The zero-order valence-electron chi connectivity index (χ0n) is 14.5. The zero-order chi connectivity index (χ0) is 19.8. The summed E-state index contributed by atoms with van der Waals surface area (Å²) in [5.41, 5.74) is -1.000. The maximum atomic E-state index is 12.2. The maximum Gasteiger partial charge on any atom is 0.430 e. The molecule has 0 aliphatic carbocycles. The number of allylic oxidation sites excluding steroid dienone is 2. The quantitative estimate of drug-likeness (QED) is 0.254. The molecule has 2 aliphatic rings. The van der Waals surface area contributed by atoms with Crippen molar-refractivity contribution >= 4 is 23.9 Å². The molecule has 0 saturated carbocycles. The molecule has 1 saturated heterocycles. The van der Waals surface area contributed by atoms with Crippen molar-refractivity contribution in [3.63, 3.8) is 0 Å². The molecule has 4 N–H and O–H groups in total. The Morgan fingerprint density at radius 1 is 1.31 bits per heavy atom. The molecule has 3 amide bonds. The molecule has 142 valence electrons. The molecule has 0 bridgehead atoms. The molecule has 1 fully saturated rings. The van der Waals surface area contributed by atoms with E-state index in [4.69, 9.17) is 10.6 Å². The topological polar surface area (TPSA) is 154 Å². The van der Waals surface area contributed by atoms with Gasteiger partial charge in [-0.25, -0.2) is 15.4 Å². The summed E-state index contributed by atoms with van der Waals surface area (Å²) in [7, 11) is 0. The number of hydrogen-bond acceptors (Lipinski definition) is 8. The smallest absolute Gasteiger partial charge is 0.430 e. The molecule has 1 atom stereocenters. The molecule has 2 rings (SSSR count). The first-order valence-electron chi connectivity index (χ1n) is 7.66. The van der Waals surface area contributed by atoms with E-state index in [2.05, 4.69) is 0 Å². The fourth-order valence-corrected chi connectivity index (χ4v) is 2.33. The van der Waals surface area contributed by atoms with Gasteiger partial charge >= 0.3 is 12.1 Å². The number of carboxylic acid groups (broad SMARTS) is 1. The fraction of sp³-hybridized carbons (Fsp3) is 0.467. The Labute approximate surface area is 148 Å². The van der Waals surface area contributed by atoms with E-state index in [1.807, 2.05) is 0 Å². The van der Waals surface area contributed by atoms with Gasteiger partial charge in [0, 0.05) is 0 Å². The van der Waals surface area contributed by atoms with E-state index in [0.29, 0.717) is 10.0 Å². The number of carboxylic acids is 1. The molecule has 2 heterocycles. The van der Waals surface area contributed by atoms with Crippen LogP contribution in [0.4, 0.5) is 4.79 Å². The lowest BCUT2D eigenvalue weighted by Crippen LogP contribution is -2.55. The number of ether oxygens (including phenoxy) is 1. The van der Waals surface area contributed by atoms with Crippen molar-refractivity contribution in [2.75, 3.05) is 6.54 Å². The van der Waals surface area contributed by atoms with E-state index in [1.54, 1.807) is 20.8 Å². The number of rotatable bonds is 3. The molecular formula is C15H20N4O7. The second kappa shape index (κ2) is 6.77. The first-order valence-corrected chi connectivity index (χ1v) is 7.66. The number of carbonyl (C=O) groups is 4. The minimum absolute atomic E-state index is 0.145. The molecule has 2 aliphatic heterocycles. The third-order valence-electron chi connectivity index (χ3n) is 3.47. The highest BCUT2D eigenvalue weighted by atomic mass is 16.6. The van der Waals surface area contributed by atoms with E-state index >= 15 is 0 Å². The number of nitrogens with two attached hydrogens (primary N) is 1. The van der Waals surface area contributed by atoms with Crippen molar-refractivity contribution in [3.05, 3.63) is 23.5 Å². The van der Waals surface area contributed by atoms with Gasteiger partial charge in [0.1, 0.15) is 17.5 Å². The van der Waals surface area contributed by atoms with Gasteiger partial charge in [0.2, 0.25) is 0 Å². The van der Waals surface area contributed by atoms with Gasteiger partial charge in [-0.15, -0.1) is 0 Å². The van der Waals surface area contributed by atoms with Gasteiger partial charge < -0.3 is 14.9 Å². The van der Waals surface area contributed by atoms with Crippen LogP contribution in [0.5, 0.6) is 0 Å². The van der Waals surface area contributed by atoms with Gasteiger partial charge in [0.05, 0.1) is 18.5 Å². The van der Waals surface area contributed by atoms with E-state index in [-0.39, 0.29) is 11.4 Å². The highest BCUT2D eigenvalue weighted by Crippen LogP contribution is 2.25. The first kappa shape index (κ1) is 19.4. The van der Waals surface area contributed by atoms with Crippen LogP contribution in [0, 0.1) is 0 Å². The van der Waals surface area contributed by atoms with Crippen LogP contribution in [0.15, 0.2) is 23.5 Å². The summed E-state index contributed by atoms with van der Waals surface area (Å²) >= 11 is 0. The van der Waals surface area contributed by atoms with Gasteiger partial charge in [0.25, 0.3) is 11.8 Å². The zero-order valence-corrected chi connectivity index (χ0v) is 14.5. The molecule has 1 unspecified atom stereocenters. The highest BCUT2D eigenvalue weighted by molar-refractivity contribution is 6.04. The Hall–Kier alpha value is -2.92. The third kappa shape index (κ3) is 3.83. The number of aliphatic carboxylic acids is 1. The van der Waals surface area contributed by atoms with Crippen molar-refractivity contribution in [2.45, 2.75) is 38.9 Å². The molecule has 0 spiro atoms. The monoisotopic (exact) mass is 368 g/mol. The Morgan fingerprint density at radius 3 is 2.38 bits per heavy atom. The number of aliphatic hydroxyl groups is 1. The van der Waals surface area contributed by atoms with E-state index in [1.165, 1.54) is 12.2 Å². The molecule has 0 radical (unpaired) electrons. The summed E-state index contributed by atoms with van der Waals surface area (Å²) in [6.07, 6.45) is -0.607. The minimum Gasteiger partial charge on any atom is -0.478 e. The highest BCUT2D eigenvalue weighted by Gasteiger charge is 2.44. The van der Waals surface area contributed by atoms with Gasteiger partial charge in [-0.3, -0.25) is 14.6 Å². The normalized spacial score (nSPS) is 20.7. The van der Waals surface area contributed by atoms with Crippen LogP contribution < -0.4 is 5.84 Å². The van der Waals surface area contributed by atoms with Crippen LogP contribution in [0.3, 0.4) is 0 Å². The van der Waals surface area contributed by atoms with E-state index in [0.717, 1.165) is 5.01 Å². The number of imide groups is 1. The number of hydrogen-bond donors (Lipinski definition) is 3. The lowest BCUT2D eigenvalue weighted by atomic mass is 10.2. The third-order valence-corrected chi connectivity index (χ3v) is 3.47. The number of amides is 3. The molecule has 0 aromatic heterocycles. The fourth-order valence-electron chi connectivity index (χ4n) is 2.33. The molecule has 0 aromatic rings. The van der Waals surface area contributed by atoms with Crippen LogP contribution in [0.2, 0.25) is 0 Å². The van der Waals surface area contributed by atoms with E-state index < -0.39 is 48.5 Å². The summed E-state index contributed by atoms with van der Waals surface area (Å²) < 4.78 is 5.13. The summed E-state index contributed by atoms with van der Waals surface area (Å²) in [6.45, 7) is 4.45. The Kier molecular flexibility index (Phi) is 5.05. The van der Waals surface area contributed by atoms with Crippen LogP contribution in [0.1, 0.15) is 27.2 Å². The lowest BCUT2D eigenvalue weighted by molar-refractivity contribution is -0.158. The van der Waals surface area contributed by atoms with Gasteiger partial charge in [-0.05, 0) is 32.9 Å². The summed E-state index contributed by atoms with van der Waals surface area (Å²) in [5.74, 6) is 2.65. The molecule has 11 nitrogen and oxygen atoms in total. The van der Waals surface area contributed by atoms with Crippen LogP contribution in [-0.2, 0) is 19.1 Å². The lowest BCUT2D eigenvalue weighted by Gasteiger charge is -2.38. The summed E-state index contributed by atoms with van der Waals surface area (Å²) in [6, 6.07) is 0. The Morgan fingerprint density at radius 2 is 1.92 bits per heavy atom. The number of hydrazine groups is 2. The predicted molar refractivity (Wildman–Crippen MR) is 85.2 cm³/mol. The molecule has 11 heteroatoms. The SMILES string of the molecule is CC(C)(C)OC(=O)N(N)C1=CC=C(C(=O)O)CN1N1C(=O)CC(O)C1=O. The van der Waals surface area contributed by atoms with Gasteiger partial charge in [0.15, 0.2) is 0 Å². The Balaban J connectivity index is 2.38. The summed E-state index contributed by atoms with van der Waals surface area (Å²) in [5, 5.41) is 20.8. The van der Waals surface area contributed by atoms with Crippen LogP contribution in [-0.4, -0.2) is 67.4 Å². The second-order valence-corrected chi connectivity index (χ2v) is 6.69. The number of aliphatic hydroxyl groups excluding tert-OH is 1. The van der Waals surface area contributed by atoms with Crippen LogP contribution in [0.25, 0.3) is 0 Å².